The molecule has 1 aliphatic heterocycles. The van der Waals surface area contributed by atoms with E-state index >= 15 is 0 Å². The van der Waals surface area contributed by atoms with Crippen molar-refractivity contribution >= 4 is 11.9 Å². The van der Waals surface area contributed by atoms with Crippen LogP contribution in [0, 0.1) is 5.92 Å². The number of ether oxygens (including phenoxy) is 1. The first kappa shape index (κ1) is 12.8. The summed E-state index contributed by atoms with van der Waals surface area (Å²) >= 11 is 0. The lowest BCUT2D eigenvalue weighted by atomic mass is 10.00. The minimum atomic E-state index is 0.0198. The predicted molar refractivity (Wildman–Crippen MR) is 65.6 cm³/mol. The number of nitrogens with zero attached hydrogens (tertiary/aromatic N) is 4. The molecule has 0 spiro atoms. The van der Waals surface area contributed by atoms with Crippen LogP contribution in [0.15, 0.2) is 6.33 Å². The fourth-order valence-corrected chi connectivity index (χ4v) is 2.06. The zero-order valence-electron chi connectivity index (χ0n) is 10.6. The minimum Gasteiger partial charge on any atom is -0.381 e. The molecule has 1 amide bonds. The molecule has 1 aliphatic rings. The second kappa shape index (κ2) is 5.81. The standard InChI is InChI=1S/C11H19N5O2/c1-15(6-9-2-4-18-5-3-9)10(17)7-16-8-13-11(12)14-16/h8-9H,2-7H2,1H3,(H2,12,14). The Hall–Kier alpha value is -1.63. The van der Waals surface area contributed by atoms with E-state index in [4.69, 9.17) is 10.5 Å². The number of hydrogen-bond acceptors (Lipinski definition) is 5. The van der Waals surface area contributed by atoms with Gasteiger partial charge >= 0.3 is 0 Å². The third-order valence-corrected chi connectivity index (χ3v) is 3.15. The van der Waals surface area contributed by atoms with Crippen molar-refractivity contribution in [3.63, 3.8) is 0 Å². The first-order valence-electron chi connectivity index (χ1n) is 6.12. The van der Waals surface area contributed by atoms with Crippen LogP contribution < -0.4 is 5.73 Å². The summed E-state index contributed by atoms with van der Waals surface area (Å²) in [5.41, 5.74) is 5.40. The molecule has 0 saturated carbocycles. The molecule has 100 valence electrons. The van der Waals surface area contributed by atoms with Crippen LogP contribution in [0.1, 0.15) is 12.8 Å². The highest BCUT2D eigenvalue weighted by Crippen LogP contribution is 2.15. The van der Waals surface area contributed by atoms with Gasteiger partial charge in [0.05, 0.1) is 0 Å². The molecule has 2 N–H and O–H groups in total. The first-order valence-corrected chi connectivity index (χ1v) is 6.12. The van der Waals surface area contributed by atoms with Gasteiger partial charge < -0.3 is 15.4 Å². The monoisotopic (exact) mass is 253 g/mol. The third kappa shape index (κ3) is 3.43. The predicted octanol–water partition coefficient (Wildman–Crippen LogP) is -0.255. The van der Waals surface area contributed by atoms with E-state index in [1.165, 1.54) is 11.0 Å². The summed E-state index contributed by atoms with van der Waals surface area (Å²) in [4.78, 5) is 17.5. The van der Waals surface area contributed by atoms with Gasteiger partial charge in [-0.25, -0.2) is 9.67 Å². The summed E-state index contributed by atoms with van der Waals surface area (Å²) in [6.07, 6.45) is 3.51. The van der Waals surface area contributed by atoms with E-state index in [0.29, 0.717) is 5.92 Å². The Labute approximate surface area is 106 Å². The summed E-state index contributed by atoms with van der Waals surface area (Å²) in [6, 6.07) is 0. The average Bonchev–Trinajstić information content (AvgIpc) is 2.76. The number of rotatable bonds is 4. The maximum atomic E-state index is 12.0. The molecule has 0 aromatic carbocycles. The van der Waals surface area contributed by atoms with Crippen LogP contribution in [0.3, 0.4) is 0 Å². The maximum absolute atomic E-state index is 12.0. The molecule has 0 bridgehead atoms. The zero-order valence-corrected chi connectivity index (χ0v) is 10.6. The van der Waals surface area contributed by atoms with Crippen LogP contribution in [-0.2, 0) is 16.1 Å². The van der Waals surface area contributed by atoms with E-state index in [9.17, 15) is 4.79 Å². The molecule has 7 heteroatoms. The summed E-state index contributed by atoms with van der Waals surface area (Å²) in [5.74, 6) is 0.745. The zero-order chi connectivity index (χ0) is 13.0. The molecule has 2 heterocycles. The van der Waals surface area contributed by atoms with Crippen molar-refractivity contribution in [2.75, 3.05) is 32.5 Å². The number of hydrogen-bond donors (Lipinski definition) is 1. The summed E-state index contributed by atoms with van der Waals surface area (Å²) < 4.78 is 6.76. The topological polar surface area (TPSA) is 86.3 Å². The molecular weight excluding hydrogens is 234 g/mol. The van der Waals surface area contributed by atoms with Crippen molar-refractivity contribution in [1.82, 2.24) is 19.7 Å². The molecule has 1 aromatic heterocycles. The van der Waals surface area contributed by atoms with E-state index in [2.05, 4.69) is 10.1 Å². The molecule has 0 atom stereocenters. The molecule has 0 radical (unpaired) electrons. The Kier molecular flexibility index (Phi) is 4.14. The molecule has 1 aromatic rings. The molecule has 1 saturated heterocycles. The van der Waals surface area contributed by atoms with E-state index < -0.39 is 0 Å². The van der Waals surface area contributed by atoms with E-state index in [0.717, 1.165) is 32.6 Å². The van der Waals surface area contributed by atoms with Gasteiger partial charge in [-0.05, 0) is 18.8 Å². The SMILES string of the molecule is CN(CC1CCOCC1)C(=O)Cn1cnc(N)n1. The quantitative estimate of drug-likeness (QED) is 0.799. The van der Waals surface area contributed by atoms with Crippen molar-refractivity contribution in [2.45, 2.75) is 19.4 Å². The van der Waals surface area contributed by atoms with Crippen LogP contribution in [0.5, 0.6) is 0 Å². The number of carbonyl (C=O) groups excluding carboxylic acids is 1. The van der Waals surface area contributed by atoms with Gasteiger partial charge in [-0.15, -0.1) is 5.10 Å². The molecular formula is C11H19N5O2. The van der Waals surface area contributed by atoms with Crippen LogP contribution >= 0.6 is 0 Å². The van der Waals surface area contributed by atoms with Gasteiger partial charge in [-0.3, -0.25) is 4.79 Å². The lowest BCUT2D eigenvalue weighted by Gasteiger charge is -2.27. The smallest absolute Gasteiger partial charge is 0.244 e. The Morgan fingerprint density at radius 2 is 2.33 bits per heavy atom. The Morgan fingerprint density at radius 1 is 1.61 bits per heavy atom. The largest absolute Gasteiger partial charge is 0.381 e. The number of aromatic nitrogens is 3. The summed E-state index contributed by atoms with van der Waals surface area (Å²) in [6.45, 7) is 2.55. The molecule has 1 fully saturated rings. The molecule has 2 rings (SSSR count). The van der Waals surface area contributed by atoms with Gasteiger partial charge in [-0.1, -0.05) is 0 Å². The van der Waals surface area contributed by atoms with Crippen LogP contribution in [-0.4, -0.2) is 52.4 Å². The van der Waals surface area contributed by atoms with Crippen molar-refractivity contribution in [1.29, 1.82) is 0 Å². The highest BCUT2D eigenvalue weighted by molar-refractivity contribution is 5.75. The molecule has 0 unspecified atom stereocenters. The highest BCUT2D eigenvalue weighted by Gasteiger charge is 2.18. The number of likely N-dealkylation sites (N-methyl/N-ethyl adjacent to an activating group) is 1. The van der Waals surface area contributed by atoms with Gasteiger partial charge in [0.25, 0.3) is 0 Å². The fraction of sp³-hybridized carbons (Fsp3) is 0.727. The van der Waals surface area contributed by atoms with Gasteiger partial charge in [0.1, 0.15) is 12.9 Å². The van der Waals surface area contributed by atoms with Gasteiger partial charge in [0.15, 0.2) is 0 Å². The lowest BCUT2D eigenvalue weighted by molar-refractivity contribution is -0.131. The van der Waals surface area contributed by atoms with E-state index in [1.54, 1.807) is 4.90 Å². The van der Waals surface area contributed by atoms with Crippen molar-refractivity contribution < 1.29 is 9.53 Å². The number of nitrogen functional groups attached to an aromatic ring is 1. The van der Waals surface area contributed by atoms with E-state index in [-0.39, 0.29) is 18.4 Å². The van der Waals surface area contributed by atoms with Gasteiger partial charge in [0.2, 0.25) is 11.9 Å². The Bertz CT molecular complexity index is 400. The second-order valence-corrected chi connectivity index (χ2v) is 4.63. The fourth-order valence-electron chi connectivity index (χ4n) is 2.06. The van der Waals surface area contributed by atoms with E-state index in [1.807, 2.05) is 7.05 Å². The van der Waals surface area contributed by atoms with Crippen molar-refractivity contribution in [3.05, 3.63) is 6.33 Å². The molecule has 18 heavy (non-hydrogen) atoms. The molecule has 0 aliphatic carbocycles. The molecule has 7 nitrogen and oxygen atoms in total. The Balaban J connectivity index is 1.80. The van der Waals surface area contributed by atoms with Crippen molar-refractivity contribution in [2.24, 2.45) is 5.92 Å². The number of carbonyl (C=O) groups is 1. The number of nitrogens with two attached hydrogens (primary N) is 1. The highest BCUT2D eigenvalue weighted by atomic mass is 16.5. The van der Waals surface area contributed by atoms with Crippen molar-refractivity contribution in [3.8, 4) is 0 Å². The van der Waals surface area contributed by atoms with Crippen LogP contribution in [0.25, 0.3) is 0 Å². The van der Waals surface area contributed by atoms with Crippen LogP contribution in [0.2, 0.25) is 0 Å². The van der Waals surface area contributed by atoms with Gasteiger partial charge in [-0.2, -0.15) is 0 Å². The second-order valence-electron chi connectivity index (χ2n) is 4.63. The normalized spacial score (nSPS) is 16.7. The summed E-state index contributed by atoms with van der Waals surface area (Å²) in [5, 5.41) is 3.90. The lowest BCUT2D eigenvalue weighted by Crippen LogP contribution is -2.36. The van der Waals surface area contributed by atoms with Gasteiger partial charge in [0, 0.05) is 26.8 Å². The number of amides is 1. The average molecular weight is 253 g/mol. The summed E-state index contributed by atoms with van der Waals surface area (Å²) in [7, 11) is 1.82. The maximum Gasteiger partial charge on any atom is 0.244 e. The number of anilines is 1. The minimum absolute atomic E-state index is 0.0198. The first-order chi connectivity index (χ1) is 8.65. The third-order valence-electron chi connectivity index (χ3n) is 3.15. The Morgan fingerprint density at radius 3 is 2.94 bits per heavy atom. The van der Waals surface area contributed by atoms with Crippen LogP contribution in [0.4, 0.5) is 5.95 Å².